The molecule has 5 nitrogen and oxygen atoms in total. The SMILES string of the molecule is NC1(C(=O)N2CCC(Cn3cccn3)CC2)CCCC1. The average Bonchev–Trinajstić information content (AvgIpc) is 3.11. The third kappa shape index (κ3) is 2.73. The van der Waals surface area contributed by atoms with Gasteiger partial charge in [-0.1, -0.05) is 12.8 Å². The van der Waals surface area contributed by atoms with Crippen LogP contribution in [0.15, 0.2) is 18.5 Å². The number of amides is 1. The lowest BCUT2D eigenvalue weighted by Crippen LogP contribution is -2.55. The molecule has 110 valence electrons. The second kappa shape index (κ2) is 5.56. The van der Waals surface area contributed by atoms with Crippen LogP contribution < -0.4 is 5.73 Å². The van der Waals surface area contributed by atoms with Gasteiger partial charge in [0.25, 0.3) is 0 Å². The van der Waals surface area contributed by atoms with Crippen LogP contribution in [0.1, 0.15) is 38.5 Å². The number of likely N-dealkylation sites (tertiary alicyclic amines) is 1. The van der Waals surface area contributed by atoms with E-state index < -0.39 is 5.54 Å². The maximum absolute atomic E-state index is 12.5. The van der Waals surface area contributed by atoms with Gasteiger partial charge in [-0.3, -0.25) is 9.48 Å². The largest absolute Gasteiger partial charge is 0.341 e. The molecule has 1 saturated heterocycles. The summed E-state index contributed by atoms with van der Waals surface area (Å²) in [5.41, 5.74) is 5.71. The van der Waals surface area contributed by atoms with E-state index in [-0.39, 0.29) is 5.91 Å². The zero-order chi connectivity index (χ0) is 14.0. The Balaban J connectivity index is 1.52. The van der Waals surface area contributed by atoms with Crippen molar-refractivity contribution in [2.24, 2.45) is 11.7 Å². The van der Waals surface area contributed by atoms with E-state index in [1.807, 2.05) is 28.0 Å². The zero-order valence-corrected chi connectivity index (χ0v) is 12.0. The number of hydrogen-bond donors (Lipinski definition) is 1. The molecule has 1 aromatic rings. The summed E-state index contributed by atoms with van der Waals surface area (Å²) in [5, 5.41) is 4.25. The molecule has 5 heteroatoms. The molecule has 0 atom stereocenters. The van der Waals surface area contributed by atoms with E-state index >= 15 is 0 Å². The average molecular weight is 276 g/mol. The number of nitrogens with zero attached hydrogens (tertiary/aromatic N) is 3. The fourth-order valence-corrected chi connectivity index (χ4v) is 3.53. The Morgan fingerprint density at radius 3 is 2.60 bits per heavy atom. The number of carbonyl (C=O) groups is 1. The minimum Gasteiger partial charge on any atom is -0.341 e. The van der Waals surface area contributed by atoms with Crippen LogP contribution >= 0.6 is 0 Å². The van der Waals surface area contributed by atoms with Crippen LogP contribution in [0, 0.1) is 5.92 Å². The molecular weight excluding hydrogens is 252 g/mol. The lowest BCUT2D eigenvalue weighted by molar-refractivity contribution is -0.138. The number of rotatable bonds is 3. The van der Waals surface area contributed by atoms with Crippen LogP contribution in [0.25, 0.3) is 0 Å². The Morgan fingerprint density at radius 2 is 2.00 bits per heavy atom. The molecule has 0 aromatic carbocycles. The highest BCUT2D eigenvalue weighted by Crippen LogP contribution is 2.30. The van der Waals surface area contributed by atoms with Crippen molar-refractivity contribution >= 4 is 5.91 Å². The summed E-state index contributed by atoms with van der Waals surface area (Å²) >= 11 is 0. The van der Waals surface area contributed by atoms with Gasteiger partial charge in [0.05, 0.1) is 5.54 Å². The normalized spacial score (nSPS) is 23.1. The van der Waals surface area contributed by atoms with Crippen LogP contribution in [0.3, 0.4) is 0 Å². The first kappa shape index (κ1) is 13.6. The Hall–Kier alpha value is -1.36. The van der Waals surface area contributed by atoms with Crippen LogP contribution in [-0.4, -0.2) is 39.2 Å². The molecule has 1 aliphatic heterocycles. The molecule has 2 heterocycles. The summed E-state index contributed by atoms with van der Waals surface area (Å²) in [5.74, 6) is 0.809. The molecule has 0 radical (unpaired) electrons. The molecule has 0 unspecified atom stereocenters. The Labute approximate surface area is 120 Å². The van der Waals surface area contributed by atoms with Gasteiger partial charge >= 0.3 is 0 Å². The van der Waals surface area contributed by atoms with Crippen molar-refractivity contribution in [1.29, 1.82) is 0 Å². The molecule has 0 spiro atoms. The van der Waals surface area contributed by atoms with Crippen molar-refractivity contribution in [1.82, 2.24) is 14.7 Å². The second-order valence-electron chi connectivity index (χ2n) is 6.33. The van der Waals surface area contributed by atoms with E-state index in [0.29, 0.717) is 5.92 Å². The zero-order valence-electron chi connectivity index (χ0n) is 12.0. The lowest BCUT2D eigenvalue weighted by Gasteiger charge is -2.36. The third-order valence-electron chi connectivity index (χ3n) is 4.83. The number of hydrogen-bond acceptors (Lipinski definition) is 3. The quantitative estimate of drug-likeness (QED) is 0.907. The molecule has 0 bridgehead atoms. The molecule has 1 aromatic heterocycles. The first-order valence-corrected chi connectivity index (χ1v) is 7.73. The fraction of sp³-hybridized carbons (Fsp3) is 0.733. The van der Waals surface area contributed by atoms with E-state index in [2.05, 4.69) is 5.10 Å². The van der Waals surface area contributed by atoms with Gasteiger partial charge in [-0.2, -0.15) is 5.10 Å². The molecule has 1 amide bonds. The van der Waals surface area contributed by atoms with Gasteiger partial charge in [0.15, 0.2) is 0 Å². The maximum Gasteiger partial charge on any atom is 0.242 e. The number of carbonyl (C=O) groups excluding carboxylic acids is 1. The van der Waals surface area contributed by atoms with Gasteiger partial charge in [0.1, 0.15) is 0 Å². The molecule has 2 fully saturated rings. The lowest BCUT2D eigenvalue weighted by atomic mass is 9.92. The van der Waals surface area contributed by atoms with E-state index in [9.17, 15) is 4.79 Å². The second-order valence-corrected chi connectivity index (χ2v) is 6.33. The monoisotopic (exact) mass is 276 g/mol. The molecule has 1 aliphatic carbocycles. The minimum atomic E-state index is -0.561. The molecule has 2 aliphatic rings. The maximum atomic E-state index is 12.5. The van der Waals surface area contributed by atoms with Crippen molar-refractivity contribution < 1.29 is 4.79 Å². The van der Waals surface area contributed by atoms with Crippen LogP contribution in [0.4, 0.5) is 0 Å². The minimum absolute atomic E-state index is 0.188. The van der Waals surface area contributed by atoms with Crippen molar-refractivity contribution in [3.8, 4) is 0 Å². The first-order chi connectivity index (χ1) is 9.67. The van der Waals surface area contributed by atoms with Crippen molar-refractivity contribution in [3.63, 3.8) is 0 Å². The number of nitrogens with two attached hydrogens (primary N) is 1. The van der Waals surface area contributed by atoms with Gasteiger partial charge in [0.2, 0.25) is 5.91 Å². The number of piperidine rings is 1. The topological polar surface area (TPSA) is 64.2 Å². The van der Waals surface area contributed by atoms with Crippen LogP contribution in [-0.2, 0) is 11.3 Å². The Kier molecular flexibility index (Phi) is 3.78. The molecular formula is C15H24N4O. The van der Waals surface area contributed by atoms with Gasteiger partial charge in [-0.05, 0) is 37.7 Å². The van der Waals surface area contributed by atoms with Crippen molar-refractivity contribution in [2.75, 3.05) is 13.1 Å². The summed E-state index contributed by atoms with van der Waals surface area (Å²) in [6, 6.07) is 1.96. The van der Waals surface area contributed by atoms with Gasteiger partial charge in [-0.15, -0.1) is 0 Å². The number of aromatic nitrogens is 2. The van der Waals surface area contributed by atoms with Gasteiger partial charge in [-0.25, -0.2) is 0 Å². The molecule has 1 saturated carbocycles. The first-order valence-electron chi connectivity index (χ1n) is 7.73. The Morgan fingerprint density at radius 1 is 1.30 bits per heavy atom. The van der Waals surface area contributed by atoms with Crippen molar-refractivity contribution in [3.05, 3.63) is 18.5 Å². The molecule has 2 N–H and O–H groups in total. The summed E-state index contributed by atoms with van der Waals surface area (Å²) in [4.78, 5) is 14.5. The summed E-state index contributed by atoms with van der Waals surface area (Å²) in [6.07, 6.45) is 9.85. The Bertz CT molecular complexity index is 442. The van der Waals surface area contributed by atoms with E-state index in [4.69, 9.17) is 5.73 Å². The van der Waals surface area contributed by atoms with Crippen LogP contribution in [0.5, 0.6) is 0 Å². The highest BCUT2D eigenvalue weighted by Gasteiger charge is 2.40. The molecule has 3 rings (SSSR count). The van der Waals surface area contributed by atoms with E-state index in [1.165, 1.54) is 0 Å². The smallest absolute Gasteiger partial charge is 0.242 e. The van der Waals surface area contributed by atoms with E-state index in [1.54, 1.807) is 0 Å². The van der Waals surface area contributed by atoms with Gasteiger partial charge < -0.3 is 10.6 Å². The molecule has 20 heavy (non-hydrogen) atoms. The standard InChI is InChI=1S/C15H24N4O/c16-15(6-1-2-7-15)14(20)18-10-4-13(5-11-18)12-19-9-3-8-17-19/h3,8-9,13H,1-2,4-7,10-12,16H2. The van der Waals surface area contributed by atoms with E-state index in [0.717, 1.165) is 58.2 Å². The van der Waals surface area contributed by atoms with Crippen LogP contribution in [0.2, 0.25) is 0 Å². The van der Waals surface area contributed by atoms with Crippen molar-refractivity contribution in [2.45, 2.75) is 50.6 Å². The predicted octanol–water partition coefficient (Wildman–Crippen LogP) is 1.39. The van der Waals surface area contributed by atoms with Gasteiger partial charge in [0, 0.05) is 32.0 Å². The third-order valence-corrected chi connectivity index (χ3v) is 4.83. The fourth-order valence-electron chi connectivity index (χ4n) is 3.53. The predicted molar refractivity (Wildman–Crippen MR) is 76.9 cm³/mol. The summed E-state index contributed by atoms with van der Waals surface area (Å²) < 4.78 is 1.99. The highest BCUT2D eigenvalue weighted by molar-refractivity contribution is 5.86. The summed E-state index contributed by atoms with van der Waals surface area (Å²) in [6.45, 7) is 2.66. The summed E-state index contributed by atoms with van der Waals surface area (Å²) in [7, 11) is 0. The highest BCUT2D eigenvalue weighted by atomic mass is 16.2.